The van der Waals surface area contributed by atoms with E-state index in [-0.39, 0.29) is 12.1 Å². The molecule has 106 valence electrons. The molecule has 7 heteroatoms. The van der Waals surface area contributed by atoms with Crippen LogP contribution < -0.4 is 10.9 Å². The van der Waals surface area contributed by atoms with E-state index in [1.54, 1.807) is 12.1 Å². The zero-order valence-corrected chi connectivity index (χ0v) is 11.1. The lowest BCUT2D eigenvalue weighted by Gasteiger charge is -2.08. The largest absolute Gasteiger partial charge is 0.422 e. The van der Waals surface area contributed by atoms with Crippen LogP contribution in [0.5, 0.6) is 0 Å². The first-order valence-corrected chi connectivity index (χ1v) is 6.19. The van der Waals surface area contributed by atoms with E-state index in [2.05, 4.69) is 5.32 Å². The van der Waals surface area contributed by atoms with Gasteiger partial charge in [0.2, 0.25) is 0 Å². The maximum Gasteiger partial charge on any atom is 0.349 e. The highest BCUT2D eigenvalue weighted by Gasteiger charge is 2.14. The van der Waals surface area contributed by atoms with Crippen molar-refractivity contribution in [2.45, 2.75) is 6.10 Å². The molecule has 1 unspecified atom stereocenters. The first kappa shape index (κ1) is 14.5. The SMILES string of the molecule is O=C(NCC(O)CO)c1cc2cc(Cl)ccc2oc1=O. The third-order valence-electron chi connectivity index (χ3n) is 2.65. The number of carbonyl (C=O) groups is 1. The molecule has 0 saturated heterocycles. The second kappa shape index (κ2) is 6.04. The summed E-state index contributed by atoms with van der Waals surface area (Å²) in [6, 6.07) is 6.05. The Labute approximate surface area is 118 Å². The fourth-order valence-corrected chi connectivity index (χ4v) is 1.80. The van der Waals surface area contributed by atoms with Crippen molar-refractivity contribution in [1.82, 2.24) is 5.32 Å². The zero-order chi connectivity index (χ0) is 14.7. The molecule has 0 spiro atoms. The zero-order valence-electron chi connectivity index (χ0n) is 10.3. The molecule has 3 N–H and O–H groups in total. The molecule has 2 aromatic rings. The van der Waals surface area contributed by atoms with Gasteiger partial charge >= 0.3 is 5.63 Å². The van der Waals surface area contributed by atoms with E-state index in [0.29, 0.717) is 16.0 Å². The van der Waals surface area contributed by atoms with Crippen molar-refractivity contribution in [3.05, 3.63) is 45.3 Å². The predicted octanol–water partition coefficient (Wildman–Crippen LogP) is 0.529. The number of aliphatic hydroxyl groups excluding tert-OH is 2. The van der Waals surface area contributed by atoms with E-state index in [1.165, 1.54) is 12.1 Å². The van der Waals surface area contributed by atoms with E-state index < -0.39 is 24.2 Å². The van der Waals surface area contributed by atoms with Crippen molar-refractivity contribution in [3.8, 4) is 0 Å². The summed E-state index contributed by atoms with van der Waals surface area (Å²) < 4.78 is 5.02. The van der Waals surface area contributed by atoms with Crippen LogP contribution in [-0.4, -0.2) is 35.4 Å². The molecule has 0 fully saturated rings. The van der Waals surface area contributed by atoms with Crippen molar-refractivity contribution in [1.29, 1.82) is 0 Å². The molecule has 1 aromatic carbocycles. The van der Waals surface area contributed by atoms with Gasteiger partial charge in [0, 0.05) is 17.0 Å². The lowest BCUT2D eigenvalue weighted by atomic mass is 10.2. The summed E-state index contributed by atoms with van der Waals surface area (Å²) in [5, 5.41) is 21.1. The summed E-state index contributed by atoms with van der Waals surface area (Å²) in [5.74, 6) is -0.687. The lowest BCUT2D eigenvalue weighted by molar-refractivity contribution is 0.0799. The topological polar surface area (TPSA) is 99.8 Å². The number of carbonyl (C=O) groups excluding carboxylic acids is 1. The van der Waals surface area contributed by atoms with Crippen molar-refractivity contribution >= 4 is 28.5 Å². The first-order valence-electron chi connectivity index (χ1n) is 5.82. The second-order valence-corrected chi connectivity index (χ2v) is 4.61. The molecule has 0 bridgehead atoms. The summed E-state index contributed by atoms with van der Waals surface area (Å²) >= 11 is 5.83. The van der Waals surface area contributed by atoms with Gasteiger partial charge in [-0.15, -0.1) is 0 Å². The molecule has 0 radical (unpaired) electrons. The highest BCUT2D eigenvalue weighted by molar-refractivity contribution is 6.31. The molecule has 2 rings (SSSR count). The van der Waals surface area contributed by atoms with Crippen LogP contribution in [0.25, 0.3) is 11.0 Å². The summed E-state index contributed by atoms with van der Waals surface area (Å²) in [6.45, 7) is -0.648. The van der Waals surface area contributed by atoms with Crippen LogP contribution in [0, 0.1) is 0 Å². The minimum Gasteiger partial charge on any atom is -0.422 e. The van der Waals surface area contributed by atoms with E-state index >= 15 is 0 Å². The molecule has 1 atom stereocenters. The van der Waals surface area contributed by atoms with Gasteiger partial charge in [-0.2, -0.15) is 0 Å². The Balaban J connectivity index is 2.31. The molecule has 20 heavy (non-hydrogen) atoms. The van der Waals surface area contributed by atoms with Gasteiger partial charge < -0.3 is 19.9 Å². The predicted molar refractivity (Wildman–Crippen MR) is 72.9 cm³/mol. The van der Waals surface area contributed by atoms with E-state index in [0.717, 1.165) is 0 Å². The van der Waals surface area contributed by atoms with Crippen LogP contribution in [0.4, 0.5) is 0 Å². The number of aliphatic hydroxyl groups is 2. The average Bonchev–Trinajstić information content (AvgIpc) is 2.44. The molecule has 0 aliphatic heterocycles. The normalized spacial score (nSPS) is 12.3. The Bertz CT molecular complexity index is 697. The summed E-state index contributed by atoms with van der Waals surface area (Å²) in [6.07, 6.45) is -1.08. The number of rotatable bonds is 4. The average molecular weight is 298 g/mol. The Morgan fingerprint density at radius 1 is 1.40 bits per heavy atom. The lowest BCUT2D eigenvalue weighted by Crippen LogP contribution is -2.35. The minimum absolute atomic E-state index is 0.164. The number of hydrogen-bond donors (Lipinski definition) is 3. The highest BCUT2D eigenvalue weighted by atomic mass is 35.5. The van der Waals surface area contributed by atoms with Gasteiger partial charge in [0.15, 0.2) is 0 Å². The van der Waals surface area contributed by atoms with Gasteiger partial charge in [0.05, 0.1) is 12.7 Å². The van der Waals surface area contributed by atoms with Gasteiger partial charge in [0.1, 0.15) is 11.1 Å². The first-order chi connectivity index (χ1) is 9.51. The minimum atomic E-state index is -1.08. The van der Waals surface area contributed by atoms with Crippen LogP contribution in [-0.2, 0) is 0 Å². The quantitative estimate of drug-likeness (QED) is 0.715. The molecular formula is C13H12ClNO5. The summed E-state index contributed by atoms with van der Waals surface area (Å²) in [7, 11) is 0. The highest BCUT2D eigenvalue weighted by Crippen LogP contribution is 2.18. The third-order valence-corrected chi connectivity index (χ3v) is 2.88. The van der Waals surface area contributed by atoms with E-state index in [4.69, 9.17) is 26.2 Å². The summed E-state index contributed by atoms with van der Waals surface area (Å²) in [5.41, 5.74) is -0.646. The Morgan fingerprint density at radius 3 is 2.85 bits per heavy atom. The molecule has 1 heterocycles. The van der Waals surface area contributed by atoms with Crippen molar-refractivity contribution < 1.29 is 19.4 Å². The van der Waals surface area contributed by atoms with Gasteiger partial charge in [0.25, 0.3) is 5.91 Å². The fraction of sp³-hybridized carbons (Fsp3) is 0.231. The van der Waals surface area contributed by atoms with Crippen LogP contribution in [0.1, 0.15) is 10.4 Å². The number of hydrogen-bond acceptors (Lipinski definition) is 5. The maximum absolute atomic E-state index is 11.8. The number of benzene rings is 1. The van der Waals surface area contributed by atoms with E-state index in [1.807, 2.05) is 0 Å². The van der Waals surface area contributed by atoms with Crippen LogP contribution >= 0.6 is 11.6 Å². The van der Waals surface area contributed by atoms with Gasteiger partial charge in [-0.3, -0.25) is 4.79 Å². The van der Waals surface area contributed by atoms with Crippen molar-refractivity contribution in [2.24, 2.45) is 0 Å². The fourth-order valence-electron chi connectivity index (χ4n) is 1.62. The molecule has 6 nitrogen and oxygen atoms in total. The maximum atomic E-state index is 11.8. The molecule has 0 aliphatic rings. The standard InChI is InChI=1S/C13H12ClNO5/c14-8-1-2-11-7(3-8)4-10(13(19)20-11)12(18)15-5-9(17)6-16/h1-4,9,16-17H,5-6H2,(H,15,18). The van der Waals surface area contributed by atoms with Crippen LogP contribution in [0.2, 0.25) is 5.02 Å². The molecule has 0 saturated carbocycles. The third kappa shape index (κ3) is 3.16. The monoisotopic (exact) mass is 297 g/mol. The Hall–Kier alpha value is -1.89. The van der Waals surface area contributed by atoms with Crippen LogP contribution in [0.15, 0.2) is 33.5 Å². The van der Waals surface area contributed by atoms with E-state index in [9.17, 15) is 9.59 Å². The summed E-state index contributed by atoms with van der Waals surface area (Å²) in [4.78, 5) is 23.5. The number of halogens is 1. The number of nitrogens with one attached hydrogen (secondary N) is 1. The smallest absolute Gasteiger partial charge is 0.349 e. The number of amides is 1. The van der Waals surface area contributed by atoms with Crippen molar-refractivity contribution in [2.75, 3.05) is 13.2 Å². The Morgan fingerprint density at radius 2 is 2.15 bits per heavy atom. The van der Waals surface area contributed by atoms with Crippen molar-refractivity contribution in [3.63, 3.8) is 0 Å². The Kier molecular flexibility index (Phi) is 4.39. The second-order valence-electron chi connectivity index (χ2n) is 4.18. The molecular weight excluding hydrogens is 286 g/mol. The van der Waals surface area contributed by atoms with Crippen LogP contribution in [0.3, 0.4) is 0 Å². The molecule has 1 aromatic heterocycles. The van der Waals surface area contributed by atoms with Gasteiger partial charge in [-0.05, 0) is 24.3 Å². The van der Waals surface area contributed by atoms with Gasteiger partial charge in [-0.25, -0.2) is 4.79 Å². The number of fused-ring (bicyclic) bond motifs is 1. The molecule has 1 amide bonds. The molecule has 0 aliphatic carbocycles. The van der Waals surface area contributed by atoms with Gasteiger partial charge in [-0.1, -0.05) is 11.6 Å².